The minimum Gasteiger partial charge on any atom is -0.481 e. The lowest BCUT2D eigenvalue weighted by Crippen LogP contribution is -2.08. The number of nitrogens with zero attached hydrogens (tertiary/aromatic N) is 2. The Kier molecular flexibility index (Phi) is 3.66. The van der Waals surface area contributed by atoms with Gasteiger partial charge in [0.1, 0.15) is 12.1 Å². The molecule has 2 N–H and O–H groups in total. The SMILES string of the molecule is O=C(O)CCNc1cc(-c2ccsc2)ncn1. The van der Waals surface area contributed by atoms with Crippen LogP contribution in [0.5, 0.6) is 0 Å². The lowest BCUT2D eigenvalue weighted by Gasteiger charge is -2.04. The molecule has 0 saturated carbocycles. The second-order valence-electron chi connectivity index (χ2n) is 3.37. The van der Waals surface area contributed by atoms with Crippen LogP contribution in [0.25, 0.3) is 11.3 Å². The third-order valence-electron chi connectivity index (χ3n) is 2.13. The zero-order valence-corrected chi connectivity index (χ0v) is 9.78. The number of carbonyl (C=O) groups is 1. The lowest BCUT2D eigenvalue weighted by atomic mass is 10.2. The number of thiophene rings is 1. The van der Waals surface area contributed by atoms with Crippen LogP contribution in [0.1, 0.15) is 6.42 Å². The van der Waals surface area contributed by atoms with Crippen molar-refractivity contribution in [3.05, 3.63) is 29.2 Å². The Bertz CT molecular complexity index is 499. The molecule has 0 aliphatic carbocycles. The zero-order valence-electron chi connectivity index (χ0n) is 8.96. The van der Waals surface area contributed by atoms with E-state index in [0.29, 0.717) is 12.4 Å². The van der Waals surface area contributed by atoms with Crippen LogP contribution < -0.4 is 5.32 Å². The van der Waals surface area contributed by atoms with Gasteiger partial charge in [-0.2, -0.15) is 11.3 Å². The first-order chi connectivity index (χ1) is 8.25. The molecule has 2 aromatic rings. The maximum absolute atomic E-state index is 10.4. The van der Waals surface area contributed by atoms with Crippen LogP contribution in [0.15, 0.2) is 29.2 Å². The normalized spacial score (nSPS) is 10.1. The van der Waals surface area contributed by atoms with E-state index in [9.17, 15) is 4.79 Å². The molecule has 0 radical (unpaired) electrons. The van der Waals surface area contributed by atoms with Crippen LogP contribution in [0, 0.1) is 0 Å². The van der Waals surface area contributed by atoms with Gasteiger partial charge in [0, 0.05) is 23.6 Å². The predicted octanol–water partition coefficient (Wildman–Crippen LogP) is 2.09. The van der Waals surface area contributed by atoms with Crippen molar-refractivity contribution in [1.82, 2.24) is 9.97 Å². The quantitative estimate of drug-likeness (QED) is 0.848. The molecule has 0 fully saturated rings. The Morgan fingerprint density at radius 1 is 1.47 bits per heavy atom. The molecule has 0 unspecified atom stereocenters. The van der Waals surface area contributed by atoms with Crippen molar-refractivity contribution >= 4 is 23.1 Å². The van der Waals surface area contributed by atoms with Crippen molar-refractivity contribution in [2.24, 2.45) is 0 Å². The summed E-state index contributed by atoms with van der Waals surface area (Å²) in [4.78, 5) is 18.6. The van der Waals surface area contributed by atoms with E-state index in [-0.39, 0.29) is 6.42 Å². The summed E-state index contributed by atoms with van der Waals surface area (Å²) >= 11 is 1.60. The first-order valence-corrected chi connectivity index (χ1v) is 6.00. The van der Waals surface area contributed by atoms with E-state index < -0.39 is 5.97 Å². The lowest BCUT2D eigenvalue weighted by molar-refractivity contribution is -0.136. The van der Waals surface area contributed by atoms with Gasteiger partial charge in [0.25, 0.3) is 0 Å². The Morgan fingerprint density at radius 3 is 3.06 bits per heavy atom. The van der Waals surface area contributed by atoms with Crippen LogP contribution in [0.2, 0.25) is 0 Å². The van der Waals surface area contributed by atoms with Crippen LogP contribution in [0.3, 0.4) is 0 Å². The highest BCUT2D eigenvalue weighted by Crippen LogP contribution is 2.20. The zero-order chi connectivity index (χ0) is 12.1. The van der Waals surface area contributed by atoms with Gasteiger partial charge in [-0.15, -0.1) is 0 Å². The molecule has 88 valence electrons. The van der Waals surface area contributed by atoms with Crippen molar-refractivity contribution in [1.29, 1.82) is 0 Å². The second-order valence-corrected chi connectivity index (χ2v) is 4.15. The van der Waals surface area contributed by atoms with Crippen molar-refractivity contribution < 1.29 is 9.90 Å². The molecule has 2 aromatic heterocycles. The molecule has 0 aromatic carbocycles. The third-order valence-corrected chi connectivity index (χ3v) is 2.81. The summed E-state index contributed by atoms with van der Waals surface area (Å²) in [5.74, 6) is -0.188. The minimum absolute atomic E-state index is 0.0672. The van der Waals surface area contributed by atoms with E-state index >= 15 is 0 Å². The molecule has 2 rings (SSSR count). The van der Waals surface area contributed by atoms with Crippen molar-refractivity contribution in [3.8, 4) is 11.3 Å². The molecular formula is C11H11N3O2S. The van der Waals surface area contributed by atoms with Gasteiger partial charge in [0.05, 0.1) is 12.1 Å². The Balaban J connectivity index is 2.04. The monoisotopic (exact) mass is 249 g/mol. The molecule has 0 amide bonds. The smallest absolute Gasteiger partial charge is 0.305 e. The van der Waals surface area contributed by atoms with Gasteiger partial charge in [-0.25, -0.2) is 9.97 Å². The summed E-state index contributed by atoms with van der Waals surface area (Å²) in [5.41, 5.74) is 1.87. The highest BCUT2D eigenvalue weighted by atomic mass is 32.1. The molecule has 0 bridgehead atoms. The molecule has 0 aliphatic heterocycles. The molecular weight excluding hydrogens is 238 g/mol. The predicted molar refractivity (Wildman–Crippen MR) is 66.1 cm³/mol. The molecule has 6 heteroatoms. The van der Waals surface area contributed by atoms with E-state index in [2.05, 4.69) is 15.3 Å². The average Bonchev–Trinajstić information content (AvgIpc) is 2.82. The van der Waals surface area contributed by atoms with Gasteiger partial charge in [-0.05, 0) is 11.4 Å². The van der Waals surface area contributed by atoms with Gasteiger partial charge in [0.15, 0.2) is 0 Å². The molecule has 0 spiro atoms. The van der Waals surface area contributed by atoms with Gasteiger partial charge < -0.3 is 10.4 Å². The van der Waals surface area contributed by atoms with E-state index in [1.165, 1.54) is 6.33 Å². The molecule has 17 heavy (non-hydrogen) atoms. The molecule has 0 atom stereocenters. The van der Waals surface area contributed by atoms with E-state index in [1.807, 2.05) is 22.9 Å². The summed E-state index contributed by atoms with van der Waals surface area (Å²) in [6, 6.07) is 3.79. The summed E-state index contributed by atoms with van der Waals surface area (Å²) in [6.45, 7) is 0.357. The fourth-order valence-electron chi connectivity index (χ4n) is 1.32. The van der Waals surface area contributed by atoms with E-state index in [4.69, 9.17) is 5.11 Å². The summed E-state index contributed by atoms with van der Waals surface area (Å²) < 4.78 is 0. The second kappa shape index (κ2) is 5.40. The van der Waals surface area contributed by atoms with Crippen LogP contribution in [-0.2, 0) is 4.79 Å². The third kappa shape index (κ3) is 3.25. The van der Waals surface area contributed by atoms with Crippen LogP contribution >= 0.6 is 11.3 Å². The first-order valence-electron chi connectivity index (χ1n) is 5.06. The number of carboxylic acid groups (broad SMARTS) is 1. The van der Waals surface area contributed by atoms with Crippen molar-refractivity contribution in [2.45, 2.75) is 6.42 Å². The summed E-state index contributed by atoms with van der Waals surface area (Å²) in [7, 11) is 0. The maximum Gasteiger partial charge on any atom is 0.305 e. The number of nitrogens with one attached hydrogen (secondary N) is 1. The molecule has 0 saturated heterocycles. The topological polar surface area (TPSA) is 75.1 Å². The fourth-order valence-corrected chi connectivity index (χ4v) is 1.97. The van der Waals surface area contributed by atoms with Crippen molar-refractivity contribution in [3.63, 3.8) is 0 Å². The fraction of sp³-hybridized carbons (Fsp3) is 0.182. The first kappa shape index (κ1) is 11.5. The molecule has 5 nitrogen and oxygen atoms in total. The van der Waals surface area contributed by atoms with Crippen LogP contribution in [-0.4, -0.2) is 27.6 Å². The number of hydrogen-bond donors (Lipinski definition) is 2. The molecule has 0 aliphatic rings. The van der Waals surface area contributed by atoms with Gasteiger partial charge in [-0.3, -0.25) is 4.79 Å². The number of rotatable bonds is 5. The van der Waals surface area contributed by atoms with Gasteiger partial charge >= 0.3 is 5.97 Å². The minimum atomic E-state index is -0.829. The highest BCUT2D eigenvalue weighted by molar-refractivity contribution is 7.08. The van der Waals surface area contributed by atoms with Crippen LogP contribution in [0.4, 0.5) is 5.82 Å². The summed E-state index contributed by atoms with van der Waals surface area (Å²) in [6.07, 6.45) is 1.54. The number of aromatic nitrogens is 2. The molecule has 2 heterocycles. The van der Waals surface area contributed by atoms with Crippen molar-refractivity contribution in [2.75, 3.05) is 11.9 Å². The van der Waals surface area contributed by atoms with Gasteiger partial charge in [0.2, 0.25) is 0 Å². The number of anilines is 1. The number of aliphatic carboxylic acids is 1. The largest absolute Gasteiger partial charge is 0.481 e. The average molecular weight is 249 g/mol. The Labute approximate surface area is 102 Å². The number of carboxylic acids is 1. The van der Waals surface area contributed by atoms with Gasteiger partial charge in [-0.1, -0.05) is 0 Å². The highest BCUT2D eigenvalue weighted by Gasteiger charge is 2.02. The Hall–Kier alpha value is -1.95. The summed E-state index contributed by atoms with van der Waals surface area (Å²) in [5, 5.41) is 15.5. The Morgan fingerprint density at radius 2 is 2.35 bits per heavy atom. The van der Waals surface area contributed by atoms with E-state index in [1.54, 1.807) is 11.3 Å². The standard InChI is InChI=1S/C11H11N3O2S/c15-11(16)1-3-12-10-5-9(13-7-14-10)8-2-4-17-6-8/h2,4-7H,1,3H2,(H,15,16)(H,12,13,14). The van der Waals surface area contributed by atoms with E-state index in [0.717, 1.165) is 11.3 Å². The number of hydrogen-bond acceptors (Lipinski definition) is 5. The maximum atomic E-state index is 10.4.